The first-order valence-corrected chi connectivity index (χ1v) is 9.16. The number of aliphatic hydroxyl groups is 2. The van der Waals surface area contributed by atoms with Gasteiger partial charge in [-0.3, -0.25) is 4.57 Å². The van der Waals surface area contributed by atoms with Gasteiger partial charge < -0.3 is 10.2 Å². The average Bonchev–Trinajstić information content (AvgIpc) is 2.48. The normalized spacial score (nSPS) is 43.2. The summed E-state index contributed by atoms with van der Waals surface area (Å²) in [5.74, 6) is 0. The number of hydrazine groups is 2. The molecule has 22 heavy (non-hydrogen) atoms. The van der Waals surface area contributed by atoms with Gasteiger partial charge in [-0.25, -0.2) is 20.1 Å². The zero-order chi connectivity index (χ0) is 16.4. The zero-order valence-corrected chi connectivity index (χ0v) is 14.9. The predicted octanol–water partition coefficient (Wildman–Crippen LogP) is -0.0539. The molecule has 9 nitrogen and oxygen atoms in total. The Bertz CT molecular complexity index is 381. The highest BCUT2D eigenvalue weighted by Gasteiger charge is 2.39. The molecule has 2 rings (SSSR count). The molecule has 4 N–H and O–H groups in total. The van der Waals surface area contributed by atoms with Crippen molar-refractivity contribution in [2.24, 2.45) is 0 Å². The van der Waals surface area contributed by atoms with Crippen molar-refractivity contribution in [2.45, 2.75) is 34.0 Å². The number of rotatable bonds is 4. The van der Waals surface area contributed by atoms with Crippen molar-refractivity contribution in [2.75, 3.05) is 13.1 Å². The summed E-state index contributed by atoms with van der Waals surface area (Å²) in [5, 5.41) is 18.5. The smallest absolute Gasteiger partial charge is 0.354 e. The molecule has 0 aromatic carbocycles. The third kappa shape index (κ3) is 4.58. The first-order valence-electron chi connectivity index (χ1n) is 6.19. The molecule has 14 heteroatoms. The molecule has 0 bridgehead atoms. The van der Waals surface area contributed by atoms with Crippen molar-refractivity contribution in [3.8, 4) is 0 Å². The zero-order valence-electron chi connectivity index (χ0n) is 10.9. The first-order chi connectivity index (χ1) is 10.3. The maximum absolute atomic E-state index is 11.9. The molecule has 6 atom stereocenters. The van der Waals surface area contributed by atoms with Gasteiger partial charge in [-0.05, 0) is 0 Å². The van der Waals surface area contributed by atoms with E-state index >= 15 is 0 Å². The quantitative estimate of drug-likeness (QED) is 0.368. The van der Waals surface area contributed by atoms with Crippen LogP contribution < -0.4 is 10.9 Å². The van der Waals surface area contributed by atoms with E-state index in [0.717, 1.165) is 10.3 Å². The summed E-state index contributed by atoms with van der Waals surface area (Å²) in [5.41, 5.74) is 5.17. The van der Waals surface area contributed by atoms with Crippen LogP contribution in [0, 0.1) is 0 Å². The van der Waals surface area contributed by atoms with Crippen molar-refractivity contribution in [3.63, 3.8) is 0 Å². The second-order valence-electron chi connectivity index (χ2n) is 4.56. The third-order valence-corrected chi connectivity index (χ3v) is 5.83. The fourth-order valence-electron chi connectivity index (χ4n) is 1.75. The van der Waals surface area contributed by atoms with Crippen LogP contribution >= 0.6 is 54.7 Å². The molecule has 6 unspecified atom stereocenters. The van der Waals surface area contributed by atoms with Gasteiger partial charge in [0.1, 0.15) is 0 Å². The molecule has 0 saturated carbocycles. The molecule has 0 aromatic heterocycles. The standard InChI is InChI=1S/C8H15Cl4N4O5P/c9-3-1-13-15(7(17)5(3)11)20-22(19)21-16-8(18)6(12)4(10)2-14-16/h3-8,13-14,17-18,22H,1-2H2. The van der Waals surface area contributed by atoms with E-state index in [1.54, 1.807) is 0 Å². The number of hydrogen-bond donors (Lipinski definition) is 4. The van der Waals surface area contributed by atoms with Crippen LogP contribution in [0.5, 0.6) is 0 Å². The maximum Gasteiger partial charge on any atom is 0.354 e. The number of nitrogens with one attached hydrogen (secondary N) is 2. The lowest BCUT2D eigenvalue weighted by Gasteiger charge is -2.38. The molecule has 0 aliphatic carbocycles. The molecule has 130 valence electrons. The highest BCUT2D eigenvalue weighted by molar-refractivity contribution is 7.33. The van der Waals surface area contributed by atoms with Crippen LogP contribution in [0.25, 0.3) is 0 Å². The summed E-state index contributed by atoms with van der Waals surface area (Å²) in [6.07, 6.45) is -2.66. The van der Waals surface area contributed by atoms with Crippen LogP contribution in [-0.2, 0) is 13.8 Å². The summed E-state index contributed by atoms with van der Waals surface area (Å²) < 4.78 is 21.7. The Morgan fingerprint density at radius 3 is 1.64 bits per heavy atom. The topological polar surface area (TPSA) is 107 Å². The van der Waals surface area contributed by atoms with Crippen LogP contribution in [0.2, 0.25) is 0 Å². The van der Waals surface area contributed by atoms with Gasteiger partial charge in [-0.15, -0.1) is 46.4 Å². The van der Waals surface area contributed by atoms with Crippen LogP contribution in [0.3, 0.4) is 0 Å². The molecule has 0 radical (unpaired) electrons. The number of halogens is 4. The summed E-state index contributed by atoms with van der Waals surface area (Å²) in [4.78, 5) is 0. The van der Waals surface area contributed by atoms with E-state index in [9.17, 15) is 14.8 Å². The fourth-order valence-corrected chi connectivity index (χ4v) is 3.23. The number of hydroxylamine groups is 2. The Morgan fingerprint density at radius 1 is 0.909 bits per heavy atom. The predicted molar refractivity (Wildman–Crippen MR) is 81.4 cm³/mol. The van der Waals surface area contributed by atoms with Gasteiger partial charge in [-0.2, -0.15) is 0 Å². The second kappa shape index (κ2) is 8.44. The lowest BCUT2D eigenvalue weighted by molar-refractivity contribution is -0.254. The van der Waals surface area contributed by atoms with E-state index in [-0.39, 0.29) is 13.1 Å². The Kier molecular flexibility index (Phi) is 7.44. The summed E-state index contributed by atoms with van der Waals surface area (Å²) in [7, 11) is -3.18. The molecule has 2 aliphatic heterocycles. The maximum atomic E-state index is 11.9. The average molecular weight is 420 g/mol. The monoisotopic (exact) mass is 418 g/mol. The van der Waals surface area contributed by atoms with Crippen molar-refractivity contribution >= 4 is 54.7 Å². The van der Waals surface area contributed by atoms with Gasteiger partial charge in [0.25, 0.3) is 0 Å². The molecule has 0 amide bonds. The van der Waals surface area contributed by atoms with Crippen LogP contribution in [0.15, 0.2) is 0 Å². The van der Waals surface area contributed by atoms with E-state index in [1.807, 2.05) is 0 Å². The Labute approximate surface area is 147 Å². The molecule has 0 spiro atoms. The molecule has 2 saturated heterocycles. The molecular formula is C8H15Cl4N4O5P. The Hall–Kier alpha value is 1.07. The van der Waals surface area contributed by atoms with Gasteiger partial charge in [0, 0.05) is 13.1 Å². The Morgan fingerprint density at radius 2 is 1.27 bits per heavy atom. The molecular weight excluding hydrogens is 405 g/mol. The van der Waals surface area contributed by atoms with Crippen molar-refractivity contribution in [1.29, 1.82) is 0 Å². The highest BCUT2D eigenvalue weighted by Crippen LogP contribution is 2.32. The first kappa shape index (κ1) is 19.4. The summed E-state index contributed by atoms with van der Waals surface area (Å²) >= 11 is 23.5. The van der Waals surface area contributed by atoms with E-state index < -0.39 is 42.2 Å². The number of hydrogen-bond acceptors (Lipinski definition) is 9. The SMILES string of the molecule is O=[PH](ON1NCC(Cl)C(Cl)C1O)ON1NCC(Cl)C(Cl)C1O. The minimum atomic E-state index is -3.18. The van der Waals surface area contributed by atoms with E-state index in [4.69, 9.17) is 55.7 Å². The van der Waals surface area contributed by atoms with Crippen LogP contribution in [0.1, 0.15) is 0 Å². The lowest BCUT2D eigenvalue weighted by Crippen LogP contribution is -2.60. The fraction of sp³-hybridized carbons (Fsp3) is 1.00. The van der Waals surface area contributed by atoms with E-state index in [0.29, 0.717) is 0 Å². The molecule has 2 aliphatic rings. The molecule has 2 heterocycles. The molecule has 0 aromatic rings. The van der Waals surface area contributed by atoms with Gasteiger partial charge in [0.15, 0.2) is 12.5 Å². The largest absolute Gasteiger partial charge is 0.373 e. The van der Waals surface area contributed by atoms with Crippen LogP contribution in [-0.4, -0.2) is 67.6 Å². The van der Waals surface area contributed by atoms with Gasteiger partial charge in [0.2, 0.25) is 0 Å². The van der Waals surface area contributed by atoms with Gasteiger partial charge in [0.05, 0.1) is 21.5 Å². The minimum absolute atomic E-state index is 0.199. The van der Waals surface area contributed by atoms with Crippen molar-refractivity contribution in [3.05, 3.63) is 0 Å². The molecule has 2 fully saturated rings. The van der Waals surface area contributed by atoms with Crippen molar-refractivity contribution in [1.82, 2.24) is 21.2 Å². The van der Waals surface area contributed by atoms with Gasteiger partial charge >= 0.3 is 8.25 Å². The highest BCUT2D eigenvalue weighted by atomic mass is 35.5. The van der Waals surface area contributed by atoms with Crippen LogP contribution in [0.4, 0.5) is 0 Å². The third-order valence-electron chi connectivity index (χ3n) is 2.97. The summed E-state index contributed by atoms with van der Waals surface area (Å²) in [6.45, 7) is 0.397. The number of nitrogens with zero attached hydrogens (tertiary/aromatic N) is 2. The van der Waals surface area contributed by atoms with Crippen molar-refractivity contribution < 1.29 is 24.0 Å². The second-order valence-corrected chi connectivity index (χ2v) is 7.55. The number of aliphatic hydroxyl groups excluding tert-OH is 2. The van der Waals surface area contributed by atoms with E-state index in [2.05, 4.69) is 10.9 Å². The number of alkyl halides is 4. The lowest BCUT2D eigenvalue weighted by atomic mass is 10.2. The van der Waals surface area contributed by atoms with E-state index in [1.165, 1.54) is 0 Å². The Balaban J connectivity index is 1.85. The summed E-state index contributed by atoms with van der Waals surface area (Å²) in [6, 6.07) is 0. The van der Waals surface area contributed by atoms with Gasteiger partial charge in [-0.1, -0.05) is 10.3 Å². The minimum Gasteiger partial charge on any atom is -0.373 e.